The first-order valence-corrected chi connectivity index (χ1v) is 7.39. The summed E-state index contributed by atoms with van der Waals surface area (Å²) in [6.45, 7) is 15.8. The Kier molecular flexibility index (Phi) is 3.91. The summed E-state index contributed by atoms with van der Waals surface area (Å²) in [6.07, 6.45) is 0. The molecule has 1 saturated heterocycles. The molecule has 0 saturated carbocycles. The molecule has 2 rings (SSSR count). The molecular weight excluding hydrogens is 232 g/mol. The summed E-state index contributed by atoms with van der Waals surface area (Å²) in [5.74, 6) is 0. The lowest BCUT2D eigenvalue weighted by molar-refractivity contribution is 0.406. The maximum Gasteiger partial charge on any atom is 0.0397 e. The number of nitrogens with one attached hydrogen (secondary N) is 1. The molecule has 106 valence electrons. The van der Waals surface area contributed by atoms with Crippen LogP contribution in [0, 0.1) is 6.92 Å². The number of nitrogens with zero attached hydrogens (tertiary/aromatic N) is 1. The quantitative estimate of drug-likeness (QED) is 0.831. The molecule has 0 amide bonds. The molecule has 19 heavy (non-hydrogen) atoms. The molecule has 0 aromatic heterocycles. The molecule has 1 heterocycles. The van der Waals surface area contributed by atoms with Gasteiger partial charge in [-0.15, -0.1) is 0 Å². The molecule has 0 radical (unpaired) electrons. The minimum absolute atomic E-state index is 0.229. The minimum Gasteiger partial charge on any atom is -0.368 e. The smallest absolute Gasteiger partial charge is 0.0397 e. The third-order valence-corrected chi connectivity index (χ3v) is 3.96. The van der Waals surface area contributed by atoms with Crippen LogP contribution in [0.1, 0.15) is 45.7 Å². The van der Waals surface area contributed by atoms with E-state index in [-0.39, 0.29) is 5.41 Å². The van der Waals surface area contributed by atoms with Crippen molar-refractivity contribution >= 4 is 5.69 Å². The first-order valence-electron chi connectivity index (χ1n) is 7.39. The Hall–Kier alpha value is -1.02. The van der Waals surface area contributed by atoms with Crippen LogP contribution in [0.5, 0.6) is 0 Å². The Morgan fingerprint density at radius 1 is 1.11 bits per heavy atom. The van der Waals surface area contributed by atoms with Crippen LogP contribution in [0.3, 0.4) is 0 Å². The van der Waals surface area contributed by atoms with Crippen LogP contribution >= 0.6 is 0 Å². The summed E-state index contributed by atoms with van der Waals surface area (Å²) in [5, 5.41) is 3.59. The van der Waals surface area contributed by atoms with Gasteiger partial charge in [0.25, 0.3) is 0 Å². The third kappa shape index (κ3) is 3.30. The van der Waals surface area contributed by atoms with Gasteiger partial charge in [0.15, 0.2) is 0 Å². The molecule has 0 spiro atoms. The Bertz CT molecular complexity index is 435. The second kappa shape index (κ2) is 5.16. The van der Waals surface area contributed by atoms with Gasteiger partial charge in [-0.3, -0.25) is 0 Å². The van der Waals surface area contributed by atoms with Crippen molar-refractivity contribution in [2.75, 3.05) is 18.0 Å². The van der Waals surface area contributed by atoms with Crippen molar-refractivity contribution in [1.29, 1.82) is 0 Å². The van der Waals surface area contributed by atoms with E-state index in [9.17, 15) is 0 Å². The molecule has 0 unspecified atom stereocenters. The molecule has 1 aromatic carbocycles. The molecule has 1 aliphatic rings. The van der Waals surface area contributed by atoms with E-state index in [1.807, 2.05) is 0 Å². The Balaban J connectivity index is 2.26. The molecule has 1 fully saturated rings. The summed E-state index contributed by atoms with van der Waals surface area (Å²) in [6, 6.07) is 8.07. The lowest BCUT2D eigenvalue weighted by Crippen LogP contribution is -2.54. The number of anilines is 1. The molecule has 1 N–H and O–H groups in total. The van der Waals surface area contributed by atoms with Crippen LogP contribution < -0.4 is 10.2 Å². The summed E-state index contributed by atoms with van der Waals surface area (Å²) in [4.78, 5) is 2.52. The fourth-order valence-corrected chi connectivity index (χ4v) is 3.00. The lowest BCUT2D eigenvalue weighted by atomic mass is 9.86. The minimum atomic E-state index is 0.229. The van der Waals surface area contributed by atoms with E-state index in [4.69, 9.17) is 0 Å². The second-order valence-electron chi connectivity index (χ2n) is 7.13. The normalized spacial score (nSPS) is 24.6. The molecule has 0 aliphatic carbocycles. The highest BCUT2D eigenvalue weighted by molar-refractivity contribution is 5.56. The average Bonchev–Trinajstić information content (AvgIpc) is 2.26. The molecule has 0 bridgehead atoms. The lowest BCUT2D eigenvalue weighted by Gasteiger charge is -2.38. The molecule has 2 atom stereocenters. The van der Waals surface area contributed by atoms with Crippen molar-refractivity contribution in [3.8, 4) is 0 Å². The van der Waals surface area contributed by atoms with Crippen molar-refractivity contribution in [2.24, 2.45) is 0 Å². The predicted octanol–water partition coefficient (Wildman–Crippen LogP) is 3.48. The van der Waals surface area contributed by atoms with Crippen LogP contribution in [0.25, 0.3) is 0 Å². The van der Waals surface area contributed by atoms with E-state index < -0.39 is 0 Å². The number of aryl methyl sites for hydroxylation is 1. The number of piperazine rings is 1. The molecule has 1 aromatic rings. The number of rotatable bonds is 1. The standard InChI is InChI=1S/C17H28N2/c1-12-9-15(17(4,5)6)7-8-16(12)19-10-13(2)18-14(3)11-19/h7-9,13-14,18H,10-11H2,1-6H3/t13-,14+. The van der Waals surface area contributed by atoms with Gasteiger partial charge in [-0.05, 0) is 43.4 Å². The molecule has 1 aliphatic heterocycles. The van der Waals surface area contributed by atoms with E-state index in [1.54, 1.807) is 0 Å². The van der Waals surface area contributed by atoms with E-state index in [1.165, 1.54) is 16.8 Å². The van der Waals surface area contributed by atoms with Crippen molar-refractivity contribution in [2.45, 2.75) is 59.0 Å². The Labute approximate surface area is 118 Å². The van der Waals surface area contributed by atoms with E-state index >= 15 is 0 Å². The van der Waals surface area contributed by atoms with E-state index in [2.05, 4.69) is 70.0 Å². The summed E-state index contributed by atoms with van der Waals surface area (Å²) >= 11 is 0. The first kappa shape index (κ1) is 14.4. The maximum atomic E-state index is 3.59. The fraction of sp³-hybridized carbons (Fsp3) is 0.647. The highest BCUT2D eigenvalue weighted by Crippen LogP contribution is 2.29. The van der Waals surface area contributed by atoms with Crippen molar-refractivity contribution in [1.82, 2.24) is 5.32 Å². The zero-order valence-electron chi connectivity index (χ0n) is 13.2. The van der Waals surface area contributed by atoms with Gasteiger partial charge in [-0.25, -0.2) is 0 Å². The number of hydrogen-bond donors (Lipinski definition) is 1. The van der Waals surface area contributed by atoms with Gasteiger partial charge in [-0.2, -0.15) is 0 Å². The highest BCUT2D eigenvalue weighted by atomic mass is 15.2. The van der Waals surface area contributed by atoms with Crippen LogP contribution in [-0.2, 0) is 5.41 Å². The van der Waals surface area contributed by atoms with Gasteiger partial charge in [0.05, 0.1) is 0 Å². The SMILES string of the molecule is Cc1cc(C(C)(C)C)ccc1N1C[C@@H](C)N[C@@H](C)C1. The van der Waals surface area contributed by atoms with Crippen molar-refractivity contribution in [3.05, 3.63) is 29.3 Å². The highest BCUT2D eigenvalue weighted by Gasteiger charge is 2.23. The maximum absolute atomic E-state index is 3.59. The van der Waals surface area contributed by atoms with Gasteiger partial charge in [0.1, 0.15) is 0 Å². The van der Waals surface area contributed by atoms with E-state index in [0.29, 0.717) is 12.1 Å². The van der Waals surface area contributed by atoms with Crippen LogP contribution in [-0.4, -0.2) is 25.2 Å². The van der Waals surface area contributed by atoms with Gasteiger partial charge in [0.2, 0.25) is 0 Å². The predicted molar refractivity (Wildman–Crippen MR) is 84.2 cm³/mol. The van der Waals surface area contributed by atoms with Gasteiger partial charge < -0.3 is 10.2 Å². The molecule has 2 nitrogen and oxygen atoms in total. The van der Waals surface area contributed by atoms with Gasteiger partial charge >= 0.3 is 0 Å². The number of hydrogen-bond acceptors (Lipinski definition) is 2. The average molecular weight is 260 g/mol. The monoisotopic (exact) mass is 260 g/mol. The zero-order chi connectivity index (χ0) is 14.2. The van der Waals surface area contributed by atoms with Crippen LogP contribution in [0.15, 0.2) is 18.2 Å². The van der Waals surface area contributed by atoms with Gasteiger partial charge in [-0.1, -0.05) is 32.9 Å². The zero-order valence-corrected chi connectivity index (χ0v) is 13.2. The summed E-state index contributed by atoms with van der Waals surface area (Å²) in [7, 11) is 0. The van der Waals surface area contributed by atoms with Crippen LogP contribution in [0.4, 0.5) is 5.69 Å². The first-order chi connectivity index (χ1) is 8.77. The number of benzene rings is 1. The largest absolute Gasteiger partial charge is 0.368 e. The topological polar surface area (TPSA) is 15.3 Å². The van der Waals surface area contributed by atoms with Crippen molar-refractivity contribution in [3.63, 3.8) is 0 Å². The molecular formula is C17H28N2. The van der Waals surface area contributed by atoms with Crippen molar-refractivity contribution < 1.29 is 0 Å². The molecule has 2 heteroatoms. The second-order valence-corrected chi connectivity index (χ2v) is 7.13. The summed E-state index contributed by atoms with van der Waals surface area (Å²) in [5.41, 5.74) is 4.44. The van der Waals surface area contributed by atoms with Gasteiger partial charge in [0, 0.05) is 30.9 Å². The Morgan fingerprint density at radius 3 is 2.16 bits per heavy atom. The third-order valence-electron chi connectivity index (χ3n) is 3.96. The Morgan fingerprint density at radius 2 is 1.68 bits per heavy atom. The fourth-order valence-electron chi connectivity index (χ4n) is 3.00. The summed E-state index contributed by atoms with van der Waals surface area (Å²) < 4.78 is 0. The van der Waals surface area contributed by atoms with Crippen LogP contribution in [0.2, 0.25) is 0 Å². The van der Waals surface area contributed by atoms with E-state index in [0.717, 1.165) is 13.1 Å².